The van der Waals surface area contributed by atoms with Gasteiger partial charge in [0.05, 0.1) is 19.9 Å². The van der Waals surface area contributed by atoms with E-state index < -0.39 is 0 Å². The van der Waals surface area contributed by atoms with Crippen molar-refractivity contribution in [3.05, 3.63) is 53.7 Å². The summed E-state index contributed by atoms with van der Waals surface area (Å²) >= 11 is 0. The van der Waals surface area contributed by atoms with Gasteiger partial charge in [-0.3, -0.25) is 0 Å². The topological polar surface area (TPSA) is 58.8 Å². The molecule has 1 heterocycles. The quantitative estimate of drug-likeness (QED) is 0.348. The van der Waals surface area contributed by atoms with Crippen molar-refractivity contribution in [2.45, 2.75) is 44.7 Å². The van der Waals surface area contributed by atoms with Crippen LogP contribution in [0.2, 0.25) is 0 Å². The average Bonchev–Trinajstić information content (AvgIpc) is 3.33. The van der Waals surface area contributed by atoms with Crippen LogP contribution in [0.3, 0.4) is 0 Å². The van der Waals surface area contributed by atoms with Gasteiger partial charge in [0.2, 0.25) is 0 Å². The molecule has 1 aliphatic rings. The second kappa shape index (κ2) is 11.2. The Labute approximate surface area is 176 Å². The maximum atomic E-state index is 13.7. The SMILES string of the molecule is COc1cc(F)cc(CN=C(NCCc2ccco2)NC2CCCC2)c1.I. The Morgan fingerprint density at radius 1 is 1.30 bits per heavy atom. The molecular formula is C20H27FIN3O2. The van der Waals surface area contributed by atoms with Gasteiger partial charge in [0.1, 0.15) is 17.3 Å². The molecule has 1 aromatic carbocycles. The summed E-state index contributed by atoms with van der Waals surface area (Å²) in [6, 6.07) is 8.96. The molecular weight excluding hydrogens is 460 g/mol. The van der Waals surface area contributed by atoms with E-state index in [-0.39, 0.29) is 29.8 Å². The first-order valence-electron chi connectivity index (χ1n) is 9.13. The number of hydrogen-bond donors (Lipinski definition) is 2. The molecule has 5 nitrogen and oxygen atoms in total. The Hall–Kier alpha value is -1.77. The van der Waals surface area contributed by atoms with Crippen molar-refractivity contribution < 1.29 is 13.5 Å². The number of ether oxygens (including phenoxy) is 1. The molecule has 0 atom stereocenters. The van der Waals surface area contributed by atoms with Crippen molar-refractivity contribution in [2.24, 2.45) is 4.99 Å². The summed E-state index contributed by atoms with van der Waals surface area (Å²) in [4.78, 5) is 4.63. The van der Waals surface area contributed by atoms with Crippen molar-refractivity contribution in [1.29, 1.82) is 0 Å². The third-order valence-corrected chi connectivity index (χ3v) is 4.53. The van der Waals surface area contributed by atoms with Gasteiger partial charge in [0, 0.05) is 25.1 Å². The number of guanidine groups is 1. The molecule has 0 bridgehead atoms. The first-order chi connectivity index (χ1) is 12.7. The molecule has 1 aromatic heterocycles. The van der Waals surface area contributed by atoms with E-state index in [0.29, 0.717) is 18.3 Å². The molecule has 7 heteroatoms. The van der Waals surface area contributed by atoms with E-state index in [4.69, 9.17) is 9.15 Å². The summed E-state index contributed by atoms with van der Waals surface area (Å²) < 4.78 is 24.1. The largest absolute Gasteiger partial charge is 0.497 e. The van der Waals surface area contributed by atoms with Crippen molar-refractivity contribution >= 4 is 29.9 Å². The molecule has 1 fully saturated rings. The highest BCUT2D eigenvalue weighted by Crippen LogP contribution is 2.18. The number of benzene rings is 1. The normalized spacial score (nSPS) is 14.7. The van der Waals surface area contributed by atoms with Crippen LogP contribution in [0.1, 0.15) is 37.0 Å². The second-order valence-electron chi connectivity index (χ2n) is 6.55. The average molecular weight is 487 g/mol. The zero-order valence-electron chi connectivity index (χ0n) is 15.5. The number of nitrogens with one attached hydrogen (secondary N) is 2. The highest BCUT2D eigenvalue weighted by atomic mass is 127. The van der Waals surface area contributed by atoms with E-state index in [2.05, 4.69) is 15.6 Å². The first-order valence-corrected chi connectivity index (χ1v) is 9.13. The number of methoxy groups -OCH3 is 1. The van der Waals surface area contributed by atoms with Crippen molar-refractivity contribution in [3.63, 3.8) is 0 Å². The van der Waals surface area contributed by atoms with Gasteiger partial charge in [-0.15, -0.1) is 24.0 Å². The van der Waals surface area contributed by atoms with E-state index in [9.17, 15) is 4.39 Å². The smallest absolute Gasteiger partial charge is 0.191 e. The fourth-order valence-electron chi connectivity index (χ4n) is 3.18. The molecule has 0 amide bonds. The Balaban J connectivity index is 0.00000261. The minimum Gasteiger partial charge on any atom is -0.497 e. The summed E-state index contributed by atoms with van der Waals surface area (Å²) in [5, 5.41) is 6.85. The van der Waals surface area contributed by atoms with Gasteiger partial charge in [-0.25, -0.2) is 9.38 Å². The molecule has 0 aliphatic heterocycles. The van der Waals surface area contributed by atoms with Gasteiger partial charge < -0.3 is 19.8 Å². The summed E-state index contributed by atoms with van der Waals surface area (Å²) in [6.07, 6.45) is 7.28. The van der Waals surface area contributed by atoms with Crippen LogP contribution in [0.4, 0.5) is 4.39 Å². The number of hydrogen-bond acceptors (Lipinski definition) is 3. The van der Waals surface area contributed by atoms with Crippen molar-refractivity contribution in [2.75, 3.05) is 13.7 Å². The predicted octanol–water partition coefficient (Wildman–Crippen LogP) is 4.27. The number of aliphatic imine (C=N–C) groups is 1. The molecule has 0 saturated heterocycles. The molecule has 3 rings (SSSR count). The van der Waals surface area contributed by atoms with Crippen LogP contribution in [0.15, 0.2) is 46.0 Å². The lowest BCUT2D eigenvalue weighted by atomic mass is 10.2. The molecule has 2 N–H and O–H groups in total. The number of halogens is 2. The van der Waals surface area contributed by atoms with E-state index in [1.807, 2.05) is 18.2 Å². The van der Waals surface area contributed by atoms with Crippen LogP contribution < -0.4 is 15.4 Å². The lowest BCUT2D eigenvalue weighted by molar-refractivity contribution is 0.410. The Bertz CT molecular complexity index is 716. The van der Waals surface area contributed by atoms with E-state index in [0.717, 1.165) is 43.1 Å². The van der Waals surface area contributed by atoms with Gasteiger partial charge in [0.25, 0.3) is 0 Å². The Morgan fingerprint density at radius 3 is 2.81 bits per heavy atom. The van der Waals surface area contributed by atoms with Crippen LogP contribution >= 0.6 is 24.0 Å². The lowest BCUT2D eigenvalue weighted by Gasteiger charge is -2.17. The first kappa shape index (κ1) is 21.5. The lowest BCUT2D eigenvalue weighted by Crippen LogP contribution is -2.43. The summed E-state index contributed by atoms with van der Waals surface area (Å²) in [5.74, 6) is 1.89. The fourth-order valence-corrected chi connectivity index (χ4v) is 3.18. The number of rotatable bonds is 7. The summed E-state index contributed by atoms with van der Waals surface area (Å²) in [7, 11) is 1.53. The Kier molecular flexibility index (Phi) is 8.90. The monoisotopic (exact) mass is 487 g/mol. The van der Waals surface area contributed by atoms with Gasteiger partial charge in [-0.2, -0.15) is 0 Å². The maximum absolute atomic E-state index is 13.7. The summed E-state index contributed by atoms with van der Waals surface area (Å²) in [6.45, 7) is 1.11. The van der Waals surface area contributed by atoms with Crippen LogP contribution in [0.5, 0.6) is 5.75 Å². The van der Waals surface area contributed by atoms with Gasteiger partial charge in [-0.05, 0) is 42.7 Å². The van der Waals surface area contributed by atoms with Gasteiger partial charge >= 0.3 is 0 Å². The molecule has 0 unspecified atom stereocenters. The number of furan rings is 1. The van der Waals surface area contributed by atoms with E-state index in [1.54, 1.807) is 6.26 Å². The zero-order valence-corrected chi connectivity index (χ0v) is 17.9. The molecule has 0 radical (unpaired) electrons. The second-order valence-corrected chi connectivity index (χ2v) is 6.55. The van der Waals surface area contributed by atoms with Crippen LogP contribution in [0, 0.1) is 5.82 Å². The highest BCUT2D eigenvalue weighted by Gasteiger charge is 2.16. The molecule has 1 aliphatic carbocycles. The zero-order chi connectivity index (χ0) is 18.2. The van der Waals surface area contributed by atoms with Crippen LogP contribution in [-0.2, 0) is 13.0 Å². The van der Waals surface area contributed by atoms with Crippen molar-refractivity contribution in [3.8, 4) is 5.75 Å². The van der Waals surface area contributed by atoms with E-state index >= 15 is 0 Å². The third kappa shape index (κ3) is 7.04. The molecule has 148 valence electrons. The highest BCUT2D eigenvalue weighted by molar-refractivity contribution is 14.0. The summed E-state index contributed by atoms with van der Waals surface area (Å²) in [5.41, 5.74) is 0.778. The maximum Gasteiger partial charge on any atom is 0.191 e. The van der Waals surface area contributed by atoms with Crippen LogP contribution in [-0.4, -0.2) is 25.7 Å². The van der Waals surface area contributed by atoms with Crippen molar-refractivity contribution in [1.82, 2.24) is 10.6 Å². The van der Waals surface area contributed by atoms with Gasteiger partial charge in [0.15, 0.2) is 5.96 Å². The molecule has 27 heavy (non-hydrogen) atoms. The predicted molar refractivity (Wildman–Crippen MR) is 115 cm³/mol. The minimum absolute atomic E-state index is 0. The minimum atomic E-state index is -0.314. The third-order valence-electron chi connectivity index (χ3n) is 4.53. The standard InChI is InChI=1S/C20H26FN3O2.HI/c1-25-19-12-15(11-16(21)13-19)14-23-20(24-17-5-2-3-6-17)22-9-8-18-7-4-10-26-18;/h4,7,10-13,17H,2-3,5-6,8-9,14H2,1H3,(H2,22,23,24);1H. The molecule has 2 aromatic rings. The number of nitrogens with zero attached hydrogens (tertiary/aromatic N) is 1. The molecule has 0 spiro atoms. The van der Waals surface area contributed by atoms with Crippen LogP contribution in [0.25, 0.3) is 0 Å². The molecule has 1 saturated carbocycles. The van der Waals surface area contributed by atoms with E-state index in [1.165, 1.54) is 32.1 Å². The Morgan fingerprint density at radius 2 is 2.11 bits per heavy atom. The fraction of sp³-hybridized carbons (Fsp3) is 0.450. The van der Waals surface area contributed by atoms with Gasteiger partial charge in [-0.1, -0.05) is 12.8 Å².